The van der Waals surface area contributed by atoms with Gasteiger partial charge in [-0.25, -0.2) is 0 Å². The fourth-order valence-electron chi connectivity index (χ4n) is 4.34. The summed E-state index contributed by atoms with van der Waals surface area (Å²) in [4.78, 5) is 3.46. The van der Waals surface area contributed by atoms with Crippen LogP contribution in [0.1, 0.15) is 52.2 Å². The molecule has 32 heavy (non-hydrogen) atoms. The molecule has 0 unspecified atom stereocenters. The zero-order valence-electron chi connectivity index (χ0n) is 19.7. The van der Waals surface area contributed by atoms with Crippen LogP contribution in [0, 0.1) is 12.3 Å². The molecule has 0 spiro atoms. The van der Waals surface area contributed by atoms with Gasteiger partial charge in [-0.15, -0.1) is 15.0 Å². The minimum Gasteiger partial charge on any atom is -0.504 e. The molecule has 0 amide bonds. The molecule has 5 heteroatoms. The molecule has 1 aromatic heterocycles. The van der Waals surface area contributed by atoms with Crippen molar-refractivity contribution in [3.8, 4) is 11.4 Å². The number of benzene rings is 3. The second-order valence-electron chi connectivity index (χ2n) is 10.4. The molecule has 0 radical (unpaired) electrons. The summed E-state index contributed by atoms with van der Waals surface area (Å²) in [6, 6.07) is 20.3. The largest absolute Gasteiger partial charge is 0.504 e. The molecule has 0 aliphatic heterocycles. The number of hydrogen-bond acceptors (Lipinski definition) is 4. The van der Waals surface area contributed by atoms with E-state index in [2.05, 4.69) is 82.1 Å². The molecule has 0 fully saturated rings. The van der Waals surface area contributed by atoms with Crippen molar-refractivity contribution >= 4 is 22.8 Å². The molecule has 4 rings (SSSR count). The van der Waals surface area contributed by atoms with Crippen LogP contribution in [0.2, 0.25) is 0 Å². The van der Waals surface area contributed by atoms with Gasteiger partial charge in [0.05, 0.1) is 4.90 Å². The number of fused-ring (bicyclic) bond motifs is 1. The van der Waals surface area contributed by atoms with E-state index in [0.29, 0.717) is 5.69 Å². The summed E-state index contributed by atoms with van der Waals surface area (Å²) < 4.78 is 0. The first-order valence-electron chi connectivity index (χ1n) is 11.0. The molecule has 0 atom stereocenters. The average molecular weight is 446 g/mol. The van der Waals surface area contributed by atoms with Gasteiger partial charge in [-0.05, 0) is 66.1 Å². The second-order valence-corrected chi connectivity index (χ2v) is 11.5. The highest BCUT2D eigenvalue weighted by molar-refractivity contribution is 7.99. The minimum absolute atomic E-state index is 0.0874. The first kappa shape index (κ1) is 22.4. The van der Waals surface area contributed by atoms with Gasteiger partial charge < -0.3 is 5.11 Å². The van der Waals surface area contributed by atoms with Gasteiger partial charge in [-0.2, -0.15) is 0 Å². The predicted octanol–water partition coefficient (Wildman–Crippen LogP) is 7.30. The van der Waals surface area contributed by atoms with Gasteiger partial charge in [0.1, 0.15) is 16.7 Å². The molecular weight excluding hydrogens is 414 g/mol. The van der Waals surface area contributed by atoms with E-state index in [0.717, 1.165) is 32.8 Å². The summed E-state index contributed by atoms with van der Waals surface area (Å²) in [7, 11) is 0. The third-order valence-corrected chi connectivity index (χ3v) is 6.60. The standard InChI is InChI=1S/C27H31N3OS/c1-18-11-13-20(14-12-18)32-24-16-19(27(5,6)17-26(2,3)4)15-23(25(24)31)30-28-21-9-7-8-10-22(21)29-30/h7-16,31H,17H2,1-6H3. The number of nitrogens with zero attached hydrogens (tertiary/aromatic N) is 3. The predicted molar refractivity (Wildman–Crippen MR) is 133 cm³/mol. The number of aryl methyl sites for hydroxylation is 1. The summed E-state index contributed by atoms with van der Waals surface area (Å²) in [6.45, 7) is 13.4. The number of aromatic nitrogens is 3. The quantitative estimate of drug-likeness (QED) is 0.350. The highest BCUT2D eigenvalue weighted by atomic mass is 32.2. The first-order chi connectivity index (χ1) is 15.0. The highest BCUT2D eigenvalue weighted by Gasteiger charge is 2.29. The first-order valence-corrected chi connectivity index (χ1v) is 11.8. The molecule has 0 aliphatic carbocycles. The zero-order valence-corrected chi connectivity index (χ0v) is 20.5. The van der Waals surface area contributed by atoms with E-state index in [1.165, 1.54) is 5.56 Å². The summed E-state index contributed by atoms with van der Waals surface area (Å²) in [5, 5.41) is 20.6. The number of phenolic OH excluding ortho intramolecular Hbond substituents is 1. The maximum atomic E-state index is 11.3. The van der Waals surface area contributed by atoms with Crippen LogP contribution < -0.4 is 0 Å². The van der Waals surface area contributed by atoms with Crippen molar-refractivity contribution in [2.24, 2.45) is 5.41 Å². The Kier molecular flexibility index (Phi) is 5.80. The molecule has 4 aromatic rings. The van der Waals surface area contributed by atoms with Crippen LogP contribution in [-0.4, -0.2) is 20.1 Å². The van der Waals surface area contributed by atoms with E-state index in [9.17, 15) is 5.11 Å². The van der Waals surface area contributed by atoms with Crippen molar-refractivity contribution in [3.63, 3.8) is 0 Å². The number of hydrogen-bond donors (Lipinski definition) is 1. The van der Waals surface area contributed by atoms with E-state index in [1.54, 1.807) is 16.6 Å². The van der Waals surface area contributed by atoms with Crippen molar-refractivity contribution in [2.45, 2.75) is 63.2 Å². The van der Waals surface area contributed by atoms with Gasteiger partial charge in [-0.1, -0.05) is 76.2 Å². The van der Waals surface area contributed by atoms with Gasteiger partial charge in [0.25, 0.3) is 0 Å². The number of rotatable bonds is 5. The van der Waals surface area contributed by atoms with Gasteiger partial charge in [0.2, 0.25) is 0 Å². The Labute approximate surface area is 194 Å². The summed E-state index contributed by atoms with van der Waals surface area (Å²) >= 11 is 1.57. The van der Waals surface area contributed by atoms with Crippen molar-refractivity contribution in [1.29, 1.82) is 0 Å². The smallest absolute Gasteiger partial charge is 0.157 e. The number of phenols is 1. The monoisotopic (exact) mass is 445 g/mol. The van der Waals surface area contributed by atoms with Gasteiger partial charge in [0, 0.05) is 4.90 Å². The van der Waals surface area contributed by atoms with Crippen LogP contribution >= 0.6 is 11.8 Å². The van der Waals surface area contributed by atoms with Crippen molar-refractivity contribution in [3.05, 3.63) is 71.8 Å². The van der Waals surface area contributed by atoms with Gasteiger partial charge in [0.15, 0.2) is 5.75 Å². The molecule has 1 N–H and O–H groups in total. The van der Waals surface area contributed by atoms with E-state index in [4.69, 9.17) is 0 Å². The summed E-state index contributed by atoms with van der Waals surface area (Å²) in [6.07, 6.45) is 1.01. The topological polar surface area (TPSA) is 50.9 Å². The SMILES string of the molecule is Cc1ccc(Sc2cc(C(C)(C)CC(C)(C)C)cc(-n3nc4ccccc4n3)c2O)cc1. The normalized spacial score (nSPS) is 12.4. The molecule has 0 saturated carbocycles. The van der Waals surface area contributed by atoms with Gasteiger partial charge in [-0.3, -0.25) is 0 Å². The lowest BCUT2D eigenvalue weighted by atomic mass is 9.72. The number of aromatic hydroxyl groups is 1. The molecule has 0 aliphatic rings. The summed E-state index contributed by atoms with van der Waals surface area (Å²) in [5.41, 5.74) is 4.68. The Morgan fingerprint density at radius 1 is 0.875 bits per heavy atom. The van der Waals surface area contributed by atoms with Crippen LogP contribution in [0.25, 0.3) is 16.7 Å². The van der Waals surface area contributed by atoms with Crippen LogP contribution in [0.5, 0.6) is 5.75 Å². The molecule has 0 bridgehead atoms. The van der Waals surface area contributed by atoms with E-state index < -0.39 is 0 Å². The fraction of sp³-hybridized carbons (Fsp3) is 0.333. The Hall–Kier alpha value is -2.79. The Balaban J connectivity index is 1.86. The van der Waals surface area contributed by atoms with Crippen molar-refractivity contribution in [2.75, 3.05) is 0 Å². The van der Waals surface area contributed by atoms with E-state index >= 15 is 0 Å². The third-order valence-electron chi connectivity index (χ3n) is 5.56. The molecule has 4 nitrogen and oxygen atoms in total. The maximum absolute atomic E-state index is 11.3. The second kappa shape index (κ2) is 8.28. The Morgan fingerprint density at radius 3 is 2.03 bits per heavy atom. The zero-order chi connectivity index (χ0) is 23.1. The average Bonchev–Trinajstić information content (AvgIpc) is 3.13. The third kappa shape index (κ3) is 4.83. The van der Waals surface area contributed by atoms with Crippen LogP contribution in [0.3, 0.4) is 0 Å². The molecule has 0 saturated heterocycles. The Bertz CT molecular complexity index is 1220. The highest BCUT2D eigenvalue weighted by Crippen LogP contribution is 2.44. The lowest BCUT2D eigenvalue weighted by molar-refractivity contribution is 0.283. The molecule has 166 valence electrons. The van der Waals surface area contributed by atoms with Crippen LogP contribution in [0.4, 0.5) is 0 Å². The molecule has 1 heterocycles. The minimum atomic E-state index is -0.0874. The Morgan fingerprint density at radius 2 is 1.47 bits per heavy atom. The summed E-state index contributed by atoms with van der Waals surface area (Å²) in [5.74, 6) is 0.200. The molecule has 3 aromatic carbocycles. The maximum Gasteiger partial charge on any atom is 0.157 e. The van der Waals surface area contributed by atoms with E-state index in [-0.39, 0.29) is 16.6 Å². The van der Waals surface area contributed by atoms with Crippen LogP contribution in [0.15, 0.2) is 70.5 Å². The lowest BCUT2D eigenvalue weighted by Gasteiger charge is -2.33. The van der Waals surface area contributed by atoms with Crippen molar-refractivity contribution < 1.29 is 5.11 Å². The molecular formula is C27H31N3OS. The van der Waals surface area contributed by atoms with Gasteiger partial charge >= 0.3 is 0 Å². The van der Waals surface area contributed by atoms with Crippen LogP contribution in [-0.2, 0) is 5.41 Å². The fourth-order valence-corrected chi connectivity index (χ4v) is 5.26. The van der Waals surface area contributed by atoms with E-state index in [1.807, 2.05) is 30.3 Å². The van der Waals surface area contributed by atoms with Crippen molar-refractivity contribution in [1.82, 2.24) is 15.0 Å². The lowest BCUT2D eigenvalue weighted by Crippen LogP contribution is -2.25.